The second-order valence-electron chi connectivity index (χ2n) is 6.51. The van der Waals surface area contributed by atoms with Gasteiger partial charge in [0.25, 0.3) is 5.56 Å². The van der Waals surface area contributed by atoms with E-state index in [-0.39, 0.29) is 16.9 Å². The van der Waals surface area contributed by atoms with E-state index in [9.17, 15) is 9.90 Å². The van der Waals surface area contributed by atoms with Gasteiger partial charge in [-0.15, -0.1) is 0 Å². The van der Waals surface area contributed by atoms with E-state index in [1.165, 1.54) is 0 Å². The van der Waals surface area contributed by atoms with Gasteiger partial charge in [0.1, 0.15) is 11.3 Å². The van der Waals surface area contributed by atoms with Crippen LogP contribution in [-0.4, -0.2) is 15.4 Å². The molecule has 4 nitrogen and oxygen atoms in total. The van der Waals surface area contributed by atoms with Crippen LogP contribution in [0, 0.1) is 0 Å². The number of rotatable bonds is 3. The number of para-hydroxylation sites is 2. The zero-order valence-corrected chi connectivity index (χ0v) is 16.9. The first kappa shape index (κ1) is 19.2. The fourth-order valence-corrected chi connectivity index (χ4v) is 3.62. The first-order chi connectivity index (χ1) is 14.0. The molecule has 6 heteroatoms. The Kier molecular flexibility index (Phi) is 5.14. The summed E-state index contributed by atoms with van der Waals surface area (Å²) in [5.41, 5.74) is 1.82. The van der Waals surface area contributed by atoms with E-state index in [1.807, 2.05) is 42.5 Å². The molecule has 0 saturated carbocycles. The van der Waals surface area contributed by atoms with E-state index < -0.39 is 0 Å². The van der Waals surface area contributed by atoms with Crippen LogP contribution < -0.4 is 5.56 Å². The fourth-order valence-electron chi connectivity index (χ4n) is 3.29. The van der Waals surface area contributed by atoms with Gasteiger partial charge < -0.3 is 5.11 Å². The second kappa shape index (κ2) is 7.74. The summed E-state index contributed by atoms with van der Waals surface area (Å²) in [4.78, 5) is 17.9. The highest BCUT2D eigenvalue weighted by molar-refractivity contribution is 6.35. The summed E-state index contributed by atoms with van der Waals surface area (Å²) in [6, 6.07) is 21.4. The summed E-state index contributed by atoms with van der Waals surface area (Å²) in [7, 11) is 0. The van der Waals surface area contributed by atoms with Gasteiger partial charge in [-0.25, -0.2) is 0 Å². The van der Waals surface area contributed by atoms with Crippen LogP contribution >= 0.6 is 23.2 Å². The number of hydrogen-bond acceptors (Lipinski definition) is 3. The molecule has 0 bridgehead atoms. The van der Waals surface area contributed by atoms with Gasteiger partial charge in [-0.2, -0.15) is 0 Å². The number of nitrogens with zero attached hydrogens (tertiary/aromatic N) is 2. The quantitative estimate of drug-likeness (QED) is 0.402. The molecule has 0 aliphatic heterocycles. The van der Waals surface area contributed by atoms with Crippen molar-refractivity contribution < 1.29 is 5.11 Å². The lowest BCUT2D eigenvalue weighted by Crippen LogP contribution is -2.25. The van der Waals surface area contributed by atoms with E-state index in [1.54, 1.807) is 41.8 Å². The molecule has 1 N–H and O–H groups in total. The third-order valence-electron chi connectivity index (χ3n) is 4.63. The van der Waals surface area contributed by atoms with Crippen molar-refractivity contribution in [2.45, 2.75) is 6.92 Å². The molecule has 0 aliphatic carbocycles. The van der Waals surface area contributed by atoms with Crippen LogP contribution in [0.2, 0.25) is 10.0 Å². The smallest absolute Gasteiger partial charge is 0.268 e. The van der Waals surface area contributed by atoms with Crippen LogP contribution in [-0.2, 0) is 0 Å². The van der Waals surface area contributed by atoms with Crippen LogP contribution in [0.4, 0.5) is 5.69 Å². The van der Waals surface area contributed by atoms with E-state index in [0.29, 0.717) is 38.0 Å². The number of halogens is 2. The summed E-state index contributed by atoms with van der Waals surface area (Å²) in [6.45, 7) is 1.66. The predicted molar refractivity (Wildman–Crippen MR) is 120 cm³/mol. The number of aromatic nitrogens is 1. The van der Waals surface area contributed by atoms with E-state index in [2.05, 4.69) is 4.99 Å². The predicted octanol–water partition coefficient (Wildman–Crippen LogP) is 6.14. The molecule has 0 fully saturated rings. The summed E-state index contributed by atoms with van der Waals surface area (Å²) in [5.74, 6) is -0.114. The topological polar surface area (TPSA) is 54.6 Å². The number of hydrogen-bond donors (Lipinski definition) is 1. The maximum Gasteiger partial charge on any atom is 0.268 e. The average molecular weight is 423 g/mol. The third kappa shape index (κ3) is 3.53. The molecule has 29 heavy (non-hydrogen) atoms. The van der Waals surface area contributed by atoms with E-state index in [0.717, 1.165) is 0 Å². The van der Waals surface area contributed by atoms with Gasteiger partial charge in [0.2, 0.25) is 0 Å². The van der Waals surface area contributed by atoms with Crippen molar-refractivity contribution >= 4 is 45.5 Å². The Bertz CT molecular complexity index is 1310. The minimum Gasteiger partial charge on any atom is -0.506 e. The van der Waals surface area contributed by atoms with E-state index >= 15 is 0 Å². The first-order valence-electron chi connectivity index (χ1n) is 8.90. The van der Waals surface area contributed by atoms with Crippen LogP contribution in [0.15, 0.2) is 82.6 Å². The monoisotopic (exact) mass is 422 g/mol. The molecule has 0 spiro atoms. The number of aliphatic imine (C=N–C) groups is 1. The highest BCUT2D eigenvalue weighted by Gasteiger charge is 2.19. The number of benzene rings is 3. The van der Waals surface area contributed by atoms with Crippen molar-refractivity contribution in [3.8, 4) is 11.4 Å². The van der Waals surface area contributed by atoms with Crippen molar-refractivity contribution in [3.05, 3.63) is 98.8 Å². The third-order valence-corrected chi connectivity index (χ3v) is 5.18. The van der Waals surface area contributed by atoms with Gasteiger partial charge in [-0.05, 0) is 49.4 Å². The molecule has 1 aromatic heterocycles. The van der Waals surface area contributed by atoms with Crippen molar-refractivity contribution in [2.24, 2.45) is 4.99 Å². The zero-order chi connectivity index (χ0) is 20.5. The minimum absolute atomic E-state index is 0.114. The second-order valence-corrected chi connectivity index (χ2v) is 7.35. The van der Waals surface area contributed by atoms with Gasteiger partial charge >= 0.3 is 0 Å². The zero-order valence-electron chi connectivity index (χ0n) is 15.4. The first-order valence-corrected chi connectivity index (χ1v) is 9.66. The molecule has 1 heterocycles. The number of fused-ring (bicyclic) bond motifs is 1. The van der Waals surface area contributed by atoms with Gasteiger partial charge in [0, 0.05) is 16.1 Å². The highest BCUT2D eigenvalue weighted by atomic mass is 35.5. The lowest BCUT2D eigenvalue weighted by atomic mass is 10.1. The van der Waals surface area contributed by atoms with Gasteiger partial charge in [0.15, 0.2) is 0 Å². The summed E-state index contributed by atoms with van der Waals surface area (Å²) in [6.07, 6.45) is 0. The summed E-state index contributed by atoms with van der Waals surface area (Å²) >= 11 is 12.3. The summed E-state index contributed by atoms with van der Waals surface area (Å²) in [5, 5.41) is 12.4. The van der Waals surface area contributed by atoms with Crippen LogP contribution in [0.5, 0.6) is 5.75 Å². The molecular weight excluding hydrogens is 407 g/mol. The van der Waals surface area contributed by atoms with Crippen molar-refractivity contribution in [2.75, 3.05) is 0 Å². The molecule has 0 unspecified atom stereocenters. The van der Waals surface area contributed by atoms with Crippen LogP contribution in [0.1, 0.15) is 12.5 Å². The molecule has 3 aromatic carbocycles. The fraction of sp³-hybridized carbons (Fsp3) is 0.0435. The maximum atomic E-state index is 13.5. The van der Waals surface area contributed by atoms with Crippen LogP contribution in [0.3, 0.4) is 0 Å². The Morgan fingerprint density at radius 2 is 1.66 bits per heavy atom. The molecular formula is C23H16Cl2N2O2. The minimum atomic E-state index is -0.369. The highest BCUT2D eigenvalue weighted by Crippen LogP contribution is 2.32. The number of aromatic hydroxyl groups is 1. The molecule has 0 aliphatic rings. The SMILES string of the molecule is CC(=Nc1cc(Cl)ccc1Cl)c1c(O)c2ccccc2n(-c2ccccc2)c1=O. The molecule has 144 valence electrons. The largest absolute Gasteiger partial charge is 0.506 e. The van der Waals surface area contributed by atoms with E-state index in [4.69, 9.17) is 23.2 Å². The van der Waals surface area contributed by atoms with Gasteiger partial charge in [-0.3, -0.25) is 14.4 Å². The Morgan fingerprint density at radius 3 is 2.41 bits per heavy atom. The molecule has 4 aromatic rings. The normalized spacial score (nSPS) is 11.8. The van der Waals surface area contributed by atoms with Gasteiger partial charge in [0.05, 0.1) is 21.9 Å². The Morgan fingerprint density at radius 1 is 0.966 bits per heavy atom. The molecule has 0 amide bonds. The van der Waals surface area contributed by atoms with Crippen molar-refractivity contribution in [1.29, 1.82) is 0 Å². The Hall–Kier alpha value is -3.08. The lowest BCUT2D eigenvalue weighted by Gasteiger charge is -2.15. The lowest BCUT2D eigenvalue weighted by molar-refractivity contribution is 0.478. The van der Waals surface area contributed by atoms with Crippen molar-refractivity contribution in [1.82, 2.24) is 4.57 Å². The Balaban J connectivity index is 2.04. The molecule has 0 atom stereocenters. The summed E-state index contributed by atoms with van der Waals surface area (Å²) < 4.78 is 1.57. The van der Waals surface area contributed by atoms with Gasteiger partial charge in [-0.1, -0.05) is 53.5 Å². The molecule has 0 radical (unpaired) electrons. The Labute approximate surface area is 177 Å². The van der Waals surface area contributed by atoms with Crippen molar-refractivity contribution in [3.63, 3.8) is 0 Å². The molecule has 4 rings (SSSR count). The average Bonchev–Trinajstić information content (AvgIpc) is 2.72. The van der Waals surface area contributed by atoms with Crippen LogP contribution in [0.25, 0.3) is 16.6 Å². The number of pyridine rings is 1. The maximum absolute atomic E-state index is 13.5. The molecule has 0 saturated heterocycles. The standard InChI is InChI=1S/C23H16Cl2N2O2/c1-14(26-19-13-15(24)11-12-18(19)25)21-22(28)17-9-5-6-10-20(17)27(23(21)29)16-7-3-2-4-8-16/h2-13,28H,1H3.